The number of amides is 1. The lowest BCUT2D eigenvalue weighted by Gasteiger charge is -2.14. The van der Waals surface area contributed by atoms with Gasteiger partial charge in [0.05, 0.1) is 7.11 Å². The number of nitrogens with zero attached hydrogens (tertiary/aromatic N) is 3. The summed E-state index contributed by atoms with van der Waals surface area (Å²) >= 11 is 0. The average Bonchev–Trinajstić information content (AvgIpc) is 2.69. The number of nitrogens with one attached hydrogen (secondary N) is 2. The summed E-state index contributed by atoms with van der Waals surface area (Å²) in [6, 6.07) is 16.3. The summed E-state index contributed by atoms with van der Waals surface area (Å²) in [6.07, 6.45) is 0. The Bertz CT molecular complexity index is 971. The number of ether oxygens (including phenoxy) is 1. The first-order chi connectivity index (χ1) is 13.4. The van der Waals surface area contributed by atoms with Gasteiger partial charge in [0.25, 0.3) is 5.91 Å². The first-order valence-corrected chi connectivity index (χ1v) is 8.80. The van der Waals surface area contributed by atoms with Crippen molar-refractivity contribution in [2.75, 3.05) is 36.7 Å². The fourth-order valence-corrected chi connectivity index (χ4v) is 2.60. The molecule has 3 aromatic rings. The lowest BCUT2D eigenvalue weighted by molar-refractivity contribution is 0.102. The minimum atomic E-state index is -0.193. The van der Waals surface area contributed by atoms with Crippen molar-refractivity contribution >= 4 is 28.9 Å². The van der Waals surface area contributed by atoms with Gasteiger partial charge in [0, 0.05) is 37.1 Å². The van der Waals surface area contributed by atoms with Crippen molar-refractivity contribution in [3.05, 3.63) is 66.0 Å². The molecular formula is C21H23N5O2. The first kappa shape index (κ1) is 19.2. The SMILES string of the molecule is COc1cccc(C(=O)Nc2ccc(Nc3cc(N(C)C)nc(C)n3)cc2)c1. The molecule has 0 aliphatic carbocycles. The Morgan fingerprint density at radius 3 is 2.39 bits per heavy atom. The van der Waals surface area contributed by atoms with E-state index in [1.165, 1.54) is 0 Å². The molecule has 1 aromatic heterocycles. The second-order valence-electron chi connectivity index (χ2n) is 6.44. The van der Waals surface area contributed by atoms with Crippen LogP contribution >= 0.6 is 0 Å². The summed E-state index contributed by atoms with van der Waals surface area (Å²) in [5, 5.41) is 6.14. The summed E-state index contributed by atoms with van der Waals surface area (Å²) < 4.78 is 5.16. The molecule has 0 saturated heterocycles. The van der Waals surface area contributed by atoms with Crippen LogP contribution < -0.4 is 20.3 Å². The lowest BCUT2D eigenvalue weighted by Crippen LogP contribution is -2.12. The second-order valence-corrected chi connectivity index (χ2v) is 6.44. The van der Waals surface area contributed by atoms with E-state index in [0.717, 1.165) is 11.5 Å². The predicted octanol–water partition coefficient (Wildman–Crippen LogP) is 3.86. The molecule has 3 rings (SSSR count). The first-order valence-electron chi connectivity index (χ1n) is 8.80. The molecule has 0 spiro atoms. The van der Waals surface area contributed by atoms with Crippen molar-refractivity contribution < 1.29 is 9.53 Å². The molecular weight excluding hydrogens is 354 g/mol. The van der Waals surface area contributed by atoms with Crippen LogP contribution in [0.1, 0.15) is 16.2 Å². The maximum absolute atomic E-state index is 12.4. The van der Waals surface area contributed by atoms with Crippen LogP contribution in [0.4, 0.5) is 23.0 Å². The third kappa shape index (κ3) is 4.76. The van der Waals surface area contributed by atoms with E-state index in [2.05, 4.69) is 20.6 Å². The van der Waals surface area contributed by atoms with Crippen molar-refractivity contribution in [1.82, 2.24) is 9.97 Å². The molecule has 0 aliphatic heterocycles. The van der Waals surface area contributed by atoms with Crippen LogP contribution in [0.3, 0.4) is 0 Å². The van der Waals surface area contributed by atoms with Crippen LogP contribution in [0, 0.1) is 6.92 Å². The number of anilines is 4. The van der Waals surface area contributed by atoms with Crippen molar-refractivity contribution in [2.45, 2.75) is 6.92 Å². The van der Waals surface area contributed by atoms with Gasteiger partial charge in [-0.2, -0.15) is 0 Å². The minimum Gasteiger partial charge on any atom is -0.497 e. The highest BCUT2D eigenvalue weighted by molar-refractivity contribution is 6.04. The number of carbonyl (C=O) groups excluding carboxylic acids is 1. The monoisotopic (exact) mass is 377 g/mol. The van der Waals surface area contributed by atoms with Crippen LogP contribution in [0.2, 0.25) is 0 Å². The van der Waals surface area contributed by atoms with Crippen molar-refractivity contribution in [2.24, 2.45) is 0 Å². The summed E-state index contributed by atoms with van der Waals surface area (Å²) in [4.78, 5) is 23.1. The molecule has 1 heterocycles. The molecule has 0 atom stereocenters. The standard InChI is InChI=1S/C21H23N5O2/c1-14-22-19(13-20(23-14)26(2)3)24-16-8-10-17(11-9-16)25-21(27)15-6-5-7-18(12-15)28-4/h5-13H,1-4H3,(H,25,27)(H,22,23,24). The number of hydrogen-bond acceptors (Lipinski definition) is 6. The Labute approximate surface area is 164 Å². The van der Waals surface area contributed by atoms with E-state index in [-0.39, 0.29) is 5.91 Å². The van der Waals surface area contributed by atoms with Gasteiger partial charge in [-0.3, -0.25) is 4.79 Å². The quantitative estimate of drug-likeness (QED) is 0.679. The van der Waals surface area contributed by atoms with E-state index in [9.17, 15) is 4.79 Å². The zero-order valence-electron chi connectivity index (χ0n) is 16.4. The molecule has 28 heavy (non-hydrogen) atoms. The molecule has 0 unspecified atom stereocenters. The number of aryl methyl sites for hydroxylation is 1. The highest BCUT2D eigenvalue weighted by atomic mass is 16.5. The van der Waals surface area contributed by atoms with Gasteiger partial charge >= 0.3 is 0 Å². The fraction of sp³-hybridized carbons (Fsp3) is 0.190. The van der Waals surface area contributed by atoms with Crippen molar-refractivity contribution in [3.8, 4) is 5.75 Å². The third-order valence-corrected chi connectivity index (χ3v) is 4.03. The van der Waals surface area contributed by atoms with E-state index in [1.54, 1.807) is 31.4 Å². The van der Waals surface area contributed by atoms with Crippen molar-refractivity contribution in [3.63, 3.8) is 0 Å². The van der Waals surface area contributed by atoms with E-state index in [0.29, 0.717) is 28.6 Å². The van der Waals surface area contributed by atoms with E-state index >= 15 is 0 Å². The number of aromatic nitrogens is 2. The lowest BCUT2D eigenvalue weighted by atomic mass is 10.2. The average molecular weight is 377 g/mol. The molecule has 0 aliphatic rings. The zero-order valence-corrected chi connectivity index (χ0v) is 16.4. The number of methoxy groups -OCH3 is 1. The Hall–Kier alpha value is -3.61. The Morgan fingerprint density at radius 2 is 1.71 bits per heavy atom. The highest BCUT2D eigenvalue weighted by Gasteiger charge is 2.08. The van der Waals surface area contributed by atoms with Crippen LogP contribution in [0.5, 0.6) is 5.75 Å². The smallest absolute Gasteiger partial charge is 0.255 e. The molecule has 2 aromatic carbocycles. The van der Waals surface area contributed by atoms with Crippen LogP contribution in [0.15, 0.2) is 54.6 Å². The van der Waals surface area contributed by atoms with Gasteiger partial charge in [-0.25, -0.2) is 9.97 Å². The van der Waals surface area contributed by atoms with Crippen LogP contribution in [0.25, 0.3) is 0 Å². The van der Waals surface area contributed by atoms with Gasteiger partial charge in [0.15, 0.2) is 0 Å². The molecule has 0 radical (unpaired) electrons. The van der Waals surface area contributed by atoms with Gasteiger partial charge in [-0.05, 0) is 49.4 Å². The van der Waals surface area contributed by atoms with Crippen molar-refractivity contribution in [1.29, 1.82) is 0 Å². The zero-order chi connectivity index (χ0) is 20.1. The molecule has 2 N–H and O–H groups in total. The molecule has 7 heteroatoms. The predicted molar refractivity (Wildman–Crippen MR) is 112 cm³/mol. The topological polar surface area (TPSA) is 79.4 Å². The van der Waals surface area contributed by atoms with Gasteiger partial charge < -0.3 is 20.3 Å². The summed E-state index contributed by atoms with van der Waals surface area (Å²) in [5.41, 5.74) is 2.10. The summed E-state index contributed by atoms with van der Waals surface area (Å²) in [6.45, 7) is 1.86. The Balaban J connectivity index is 1.69. The Morgan fingerprint density at radius 1 is 1.00 bits per heavy atom. The number of carbonyl (C=O) groups is 1. The normalized spacial score (nSPS) is 10.3. The summed E-state index contributed by atoms with van der Waals surface area (Å²) in [7, 11) is 5.44. The van der Waals surface area contributed by atoms with Gasteiger partial charge in [0.1, 0.15) is 23.2 Å². The summed E-state index contributed by atoms with van der Waals surface area (Å²) in [5.74, 6) is 2.68. The number of rotatable bonds is 6. The molecule has 144 valence electrons. The molecule has 0 bridgehead atoms. The highest BCUT2D eigenvalue weighted by Crippen LogP contribution is 2.21. The van der Waals surface area contributed by atoms with E-state index in [4.69, 9.17) is 4.74 Å². The number of benzene rings is 2. The largest absolute Gasteiger partial charge is 0.497 e. The van der Waals surface area contributed by atoms with Gasteiger partial charge in [-0.15, -0.1) is 0 Å². The van der Waals surface area contributed by atoms with Gasteiger partial charge in [-0.1, -0.05) is 6.07 Å². The minimum absolute atomic E-state index is 0.193. The van der Waals surface area contributed by atoms with E-state index in [1.807, 2.05) is 56.3 Å². The van der Waals surface area contributed by atoms with Crippen LogP contribution in [-0.4, -0.2) is 37.1 Å². The second kappa shape index (κ2) is 8.39. The maximum Gasteiger partial charge on any atom is 0.255 e. The Kier molecular flexibility index (Phi) is 5.74. The molecule has 0 saturated carbocycles. The van der Waals surface area contributed by atoms with Gasteiger partial charge in [0.2, 0.25) is 0 Å². The van der Waals surface area contributed by atoms with Crippen LogP contribution in [-0.2, 0) is 0 Å². The molecule has 1 amide bonds. The molecule has 0 fully saturated rings. The number of hydrogen-bond donors (Lipinski definition) is 2. The molecule has 7 nitrogen and oxygen atoms in total. The fourth-order valence-electron chi connectivity index (χ4n) is 2.60. The van der Waals surface area contributed by atoms with E-state index < -0.39 is 0 Å². The third-order valence-electron chi connectivity index (χ3n) is 4.03. The maximum atomic E-state index is 12.4.